The summed E-state index contributed by atoms with van der Waals surface area (Å²) < 4.78 is 0. The largest absolute Gasteiger partial charge is 0.481 e. The van der Waals surface area contributed by atoms with Crippen LogP contribution in [0.4, 0.5) is 4.79 Å². The number of hydrogen-bond donors (Lipinski definition) is 2. The summed E-state index contributed by atoms with van der Waals surface area (Å²) in [6, 6.07) is -1.15. The predicted molar refractivity (Wildman–Crippen MR) is 65.1 cm³/mol. The SMILES string of the molecule is O=NN(CCCl)C(=O)NC1CCCCC1C(=O)O. The van der Waals surface area contributed by atoms with Gasteiger partial charge in [-0.25, -0.2) is 4.79 Å². The van der Waals surface area contributed by atoms with Crippen molar-refractivity contribution in [3.63, 3.8) is 0 Å². The van der Waals surface area contributed by atoms with Crippen LogP contribution < -0.4 is 5.32 Å². The van der Waals surface area contributed by atoms with Gasteiger partial charge in [0.25, 0.3) is 0 Å². The Balaban J connectivity index is 2.60. The van der Waals surface area contributed by atoms with Gasteiger partial charge in [-0.15, -0.1) is 16.5 Å². The molecule has 0 saturated heterocycles. The van der Waals surface area contributed by atoms with Crippen molar-refractivity contribution in [2.24, 2.45) is 11.2 Å². The molecule has 2 amide bonds. The Hall–Kier alpha value is -1.37. The number of halogens is 1. The molecule has 0 aliphatic heterocycles. The Kier molecular flexibility index (Phi) is 5.84. The van der Waals surface area contributed by atoms with E-state index in [0.717, 1.165) is 12.8 Å². The zero-order valence-corrected chi connectivity index (χ0v) is 10.6. The molecule has 2 atom stereocenters. The number of carbonyl (C=O) groups is 2. The average molecular weight is 278 g/mol. The van der Waals surface area contributed by atoms with Gasteiger partial charge in [0.1, 0.15) is 0 Å². The summed E-state index contributed by atoms with van der Waals surface area (Å²) in [4.78, 5) is 33.1. The van der Waals surface area contributed by atoms with Crippen molar-refractivity contribution < 1.29 is 14.7 Å². The number of alkyl halides is 1. The van der Waals surface area contributed by atoms with E-state index in [-0.39, 0.29) is 12.4 Å². The van der Waals surface area contributed by atoms with Crippen LogP contribution in [0.2, 0.25) is 0 Å². The van der Waals surface area contributed by atoms with Gasteiger partial charge in [-0.05, 0) is 12.8 Å². The molecule has 0 aromatic heterocycles. The molecular formula is C10H16ClN3O4. The van der Waals surface area contributed by atoms with Crippen LogP contribution in [-0.2, 0) is 4.79 Å². The van der Waals surface area contributed by atoms with Crippen LogP contribution in [-0.4, -0.2) is 40.6 Å². The monoisotopic (exact) mass is 277 g/mol. The molecule has 0 radical (unpaired) electrons. The van der Waals surface area contributed by atoms with Gasteiger partial charge in [-0.1, -0.05) is 12.8 Å². The second kappa shape index (κ2) is 7.15. The number of hydrogen-bond acceptors (Lipinski definition) is 4. The fraction of sp³-hybridized carbons (Fsp3) is 0.800. The van der Waals surface area contributed by atoms with E-state index in [1.807, 2.05) is 0 Å². The topological polar surface area (TPSA) is 99.1 Å². The smallest absolute Gasteiger partial charge is 0.340 e. The van der Waals surface area contributed by atoms with Crippen molar-refractivity contribution >= 4 is 23.6 Å². The second-order valence-electron chi connectivity index (χ2n) is 4.18. The lowest BCUT2D eigenvalue weighted by atomic mass is 9.84. The number of carbonyl (C=O) groups excluding carboxylic acids is 1. The van der Waals surface area contributed by atoms with Crippen LogP contribution >= 0.6 is 11.6 Å². The lowest BCUT2D eigenvalue weighted by Gasteiger charge is -2.30. The molecule has 2 unspecified atom stereocenters. The number of carboxylic acids is 1. The van der Waals surface area contributed by atoms with Gasteiger partial charge < -0.3 is 10.4 Å². The van der Waals surface area contributed by atoms with Crippen molar-refractivity contribution in [2.45, 2.75) is 31.7 Å². The molecule has 0 aromatic carbocycles. The predicted octanol–water partition coefficient (Wildman–Crippen LogP) is 1.56. The average Bonchev–Trinajstić information content (AvgIpc) is 2.36. The minimum absolute atomic E-state index is 0.00134. The highest BCUT2D eigenvalue weighted by Gasteiger charge is 2.32. The fourth-order valence-corrected chi connectivity index (χ4v) is 2.25. The number of aliphatic carboxylic acids is 1. The van der Waals surface area contributed by atoms with E-state index in [1.165, 1.54) is 0 Å². The highest BCUT2D eigenvalue weighted by Crippen LogP contribution is 2.24. The molecule has 2 N–H and O–H groups in total. The van der Waals surface area contributed by atoms with E-state index in [1.54, 1.807) is 0 Å². The molecule has 0 heterocycles. The Morgan fingerprint density at radius 3 is 2.61 bits per heavy atom. The summed E-state index contributed by atoms with van der Waals surface area (Å²) in [5, 5.41) is 14.8. The van der Waals surface area contributed by atoms with Crippen molar-refractivity contribution in [3.8, 4) is 0 Å². The highest BCUT2D eigenvalue weighted by atomic mass is 35.5. The number of nitrogens with one attached hydrogen (secondary N) is 1. The maximum atomic E-state index is 11.7. The van der Waals surface area contributed by atoms with E-state index in [2.05, 4.69) is 10.6 Å². The van der Waals surface area contributed by atoms with Gasteiger partial charge in [0.15, 0.2) is 0 Å². The Morgan fingerprint density at radius 2 is 2.06 bits per heavy atom. The first-order valence-corrected chi connectivity index (χ1v) is 6.33. The van der Waals surface area contributed by atoms with Crippen LogP contribution in [0.15, 0.2) is 5.29 Å². The summed E-state index contributed by atoms with van der Waals surface area (Å²) in [5.41, 5.74) is 0. The molecule has 0 spiro atoms. The van der Waals surface area contributed by atoms with Crippen molar-refractivity contribution in [3.05, 3.63) is 4.91 Å². The lowest BCUT2D eigenvalue weighted by molar-refractivity contribution is -0.143. The number of nitrogens with zero attached hydrogens (tertiary/aromatic N) is 2. The third-order valence-corrected chi connectivity index (χ3v) is 3.19. The fourth-order valence-electron chi connectivity index (χ4n) is 2.09. The normalized spacial score (nSPS) is 23.2. The first kappa shape index (κ1) is 14.7. The van der Waals surface area contributed by atoms with Crippen LogP contribution in [0.1, 0.15) is 25.7 Å². The minimum atomic E-state index is -0.928. The number of urea groups is 1. The van der Waals surface area contributed by atoms with Crippen molar-refractivity contribution in [2.75, 3.05) is 12.4 Å². The number of amides is 2. The zero-order valence-electron chi connectivity index (χ0n) is 9.84. The maximum Gasteiger partial charge on any atom is 0.340 e. The molecule has 1 fully saturated rings. The third kappa shape index (κ3) is 3.83. The maximum absolute atomic E-state index is 11.7. The Morgan fingerprint density at radius 1 is 1.39 bits per heavy atom. The van der Waals surface area contributed by atoms with Gasteiger partial charge in [-0.3, -0.25) is 4.79 Å². The standard InChI is InChI=1S/C10H16ClN3O4/c11-5-6-14(13-18)10(17)12-8-4-2-1-3-7(8)9(15)16/h7-8H,1-6H2,(H,12,17)(H,15,16). The molecule has 1 saturated carbocycles. The van der Waals surface area contributed by atoms with Crippen LogP contribution in [0.25, 0.3) is 0 Å². The van der Waals surface area contributed by atoms with Crippen molar-refractivity contribution in [1.82, 2.24) is 10.3 Å². The molecule has 102 valence electrons. The van der Waals surface area contributed by atoms with E-state index in [4.69, 9.17) is 16.7 Å². The lowest BCUT2D eigenvalue weighted by Crippen LogP contribution is -2.49. The van der Waals surface area contributed by atoms with E-state index < -0.39 is 24.0 Å². The van der Waals surface area contributed by atoms with Gasteiger partial charge in [0.2, 0.25) is 0 Å². The summed E-state index contributed by atoms with van der Waals surface area (Å²) >= 11 is 5.43. The quantitative estimate of drug-likeness (QED) is 0.452. The number of nitroso groups, excluding NO2 is 1. The molecule has 1 aliphatic rings. The zero-order chi connectivity index (χ0) is 13.5. The molecule has 1 aliphatic carbocycles. The van der Waals surface area contributed by atoms with E-state index in [9.17, 15) is 14.5 Å². The van der Waals surface area contributed by atoms with Gasteiger partial charge >= 0.3 is 12.0 Å². The van der Waals surface area contributed by atoms with Crippen LogP contribution in [0.3, 0.4) is 0 Å². The number of rotatable bonds is 5. The van der Waals surface area contributed by atoms with Crippen LogP contribution in [0, 0.1) is 10.8 Å². The molecule has 7 nitrogen and oxygen atoms in total. The van der Waals surface area contributed by atoms with Crippen LogP contribution in [0.5, 0.6) is 0 Å². The van der Waals surface area contributed by atoms with E-state index >= 15 is 0 Å². The highest BCUT2D eigenvalue weighted by molar-refractivity contribution is 6.18. The number of carboxylic acid groups (broad SMARTS) is 1. The summed E-state index contributed by atoms with van der Waals surface area (Å²) in [7, 11) is 0. The molecule has 0 bridgehead atoms. The first-order valence-electron chi connectivity index (χ1n) is 5.80. The molecular weight excluding hydrogens is 262 g/mol. The molecule has 18 heavy (non-hydrogen) atoms. The van der Waals surface area contributed by atoms with Crippen molar-refractivity contribution in [1.29, 1.82) is 0 Å². The Labute approximate surface area is 109 Å². The Bertz CT molecular complexity index is 326. The summed E-state index contributed by atoms with van der Waals surface area (Å²) in [5.74, 6) is -1.44. The van der Waals surface area contributed by atoms with Gasteiger partial charge in [0.05, 0.1) is 17.7 Å². The first-order chi connectivity index (χ1) is 8.60. The second-order valence-corrected chi connectivity index (χ2v) is 4.56. The van der Waals surface area contributed by atoms with Gasteiger partial charge in [-0.2, -0.15) is 5.01 Å². The third-order valence-electron chi connectivity index (χ3n) is 3.02. The summed E-state index contributed by atoms with van der Waals surface area (Å²) in [6.07, 6.45) is 2.82. The molecule has 0 aromatic rings. The molecule has 1 rings (SSSR count). The summed E-state index contributed by atoms with van der Waals surface area (Å²) in [6.45, 7) is 0.00134. The minimum Gasteiger partial charge on any atom is -0.481 e. The molecule has 8 heteroatoms. The van der Waals surface area contributed by atoms with E-state index in [0.29, 0.717) is 17.9 Å². The van der Waals surface area contributed by atoms with Gasteiger partial charge in [0, 0.05) is 11.9 Å².